The molecule has 1 aromatic heterocycles. The third-order valence-electron chi connectivity index (χ3n) is 2.35. The predicted octanol–water partition coefficient (Wildman–Crippen LogP) is 2.05. The van der Waals surface area contributed by atoms with Gasteiger partial charge < -0.3 is 10.4 Å². The van der Waals surface area contributed by atoms with E-state index in [0.717, 1.165) is 4.88 Å². The normalized spacial score (nSPS) is 12.1. The molecule has 5 heteroatoms. The Hall–Kier alpha value is -1.36. The Bertz CT molecular complexity index is 362. The maximum Gasteiger partial charge on any atom is 0.303 e. The number of hydrogen-bond acceptors (Lipinski definition) is 3. The summed E-state index contributed by atoms with van der Waals surface area (Å²) in [5, 5.41) is 13.3. The monoisotopic (exact) mass is 255 g/mol. The van der Waals surface area contributed by atoms with Crippen molar-refractivity contribution in [3.63, 3.8) is 0 Å². The molecule has 0 aliphatic carbocycles. The molecule has 4 nitrogen and oxygen atoms in total. The minimum absolute atomic E-state index is 0.00438. The first-order valence-electron chi connectivity index (χ1n) is 5.61. The SMILES string of the molecule is CC(CCCC(=O)O)NC(=O)Cc1cccs1. The average molecular weight is 255 g/mol. The van der Waals surface area contributed by atoms with Crippen LogP contribution in [0.15, 0.2) is 17.5 Å². The number of aliphatic carboxylic acids is 1. The third kappa shape index (κ3) is 6.06. The van der Waals surface area contributed by atoms with Gasteiger partial charge in [0.2, 0.25) is 5.91 Å². The molecule has 1 aromatic rings. The Morgan fingerprint density at radius 3 is 2.88 bits per heavy atom. The fraction of sp³-hybridized carbons (Fsp3) is 0.500. The summed E-state index contributed by atoms with van der Waals surface area (Å²) >= 11 is 1.56. The maximum atomic E-state index is 11.6. The first-order valence-corrected chi connectivity index (χ1v) is 6.49. The van der Waals surface area contributed by atoms with Crippen molar-refractivity contribution in [2.75, 3.05) is 0 Å². The Morgan fingerprint density at radius 2 is 2.29 bits per heavy atom. The number of carboxylic acids is 1. The van der Waals surface area contributed by atoms with E-state index in [4.69, 9.17) is 5.11 Å². The van der Waals surface area contributed by atoms with Gasteiger partial charge in [-0.3, -0.25) is 9.59 Å². The summed E-state index contributed by atoms with van der Waals surface area (Å²) in [5.74, 6) is -0.794. The highest BCUT2D eigenvalue weighted by atomic mass is 32.1. The molecule has 0 aromatic carbocycles. The van der Waals surface area contributed by atoms with Gasteiger partial charge in [0.15, 0.2) is 0 Å². The van der Waals surface area contributed by atoms with Gasteiger partial charge in [-0.2, -0.15) is 0 Å². The molecule has 0 aliphatic rings. The van der Waals surface area contributed by atoms with Crippen molar-refractivity contribution >= 4 is 23.2 Å². The van der Waals surface area contributed by atoms with Gasteiger partial charge in [-0.1, -0.05) is 6.07 Å². The zero-order valence-corrected chi connectivity index (χ0v) is 10.6. The molecule has 94 valence electrons. The van der Waals surface area contributed by atoms with E-state index in [1.807, 2.05) is 24.4 Å². The number of carboxylic acid groups (broad SMARTS) is 1. The van der Waals surface area contributed by atoms with E-state index in [9.17, 15) is 9.59 Å². The molecular formula is C12H17NO3S. The standard InChI is InChI=1S/C12H17NO3S/c1-9(4-2-6-12(15)16)13-11(14)8-10-5-3-7-17-10/h3,5,7,9H,2,4,6,8H2,1H3,(H,13,14)(H,15,16). The van der Waals surface area contributed by atoms with Crippen LogP contribution in [0.5, 0.6) is 0 Å². The van der Waals surface area contributed by atoms with Crippen LogP contribution in [-0.2, 0) is 16.0 Å². The van der Waals surface area contributed by atoms with Crippen LogP contribution in [-0.4, -0.2) is 23.0 Å². The number of carbonyl (C=O) groups is 2. The van der Waals surface area contributed by atoms with Gasteiger partial charge >= 0.3 is 5.97 Å². The Morgan fingerprint density at radius 1 is 1.53 bits per heavy atom. The summed E-state index contributed by atoms with van der Waals surface area (Å²) in [6.07, 6.45) is 1.85. The lowest BCUT2D eigenvalue weighted by Gasteiger charge is -2.12. The number of hydrogen-bond donors (Lipinski definition) is 2. The molecular weight excluding hydrogens is 238 g/mol. The molecule has 0 saturated carbocycles. The molecule has 2 N–H and O–H groups in total. The summed E-state index contributed by atoms with van der Waals surface area (Å²) in [6, 6.07) is 3.88. The number of thiophene rings is 1. The quantitative estimate of drug-likeness (QED) is 0.783. The van der Waals surface area contributed by atoms with Gasteiger partial charge in [0.05, 0.1) is 6.42 Å². The van der Waals surface area contributed by atoms with Crippen LogP contribution < -0.4 is 5.32 Å². The number of nitrogens with one attached hydrogen (secondary N) is 1. The molecule has 0 aliphatic heterocycles. The van der Waals surface area contributed by atoms with E-state index in [1.54, 1.807) is 11.3 Å². The van der Waals surface area contributed by atoms with Crippen molar-refractivity contribution < 1.29 is 14.7 Å². The summed E-state index contributed by atoms with van der Waals surface area (Å²) in [4.78, 5) is 23.0. The lowest BCUT2D eigenvalue weighted by molar-refractivity contribution is -0.137. The molecule has 17 heavy (non-hydrogen) atoms. The van der Waals surface area contributed by atoms with E-state index >= 15 is 0 Å². The Balaban J connectivity index is 2.19. The highest BCUT2D eigenvalue weighted by Crippen LogP contribution is 2.09. The van der Waals surface area contributed by atoms with Crippen molar-refractivity contribution in [2.24, 2.45) is 0 Å². The second-order valence-electron chi connectivity index (χ2n) is 4.01. The molecule has 0 spiro atoms. The highest BCUT2D eigenvalue weighted by molar-refractivity contribution is 7.10. The van der Waals surface area contributed by atoms with Gasteiger partial charge in [-0.25, -0.2) is 0 Å². The second-order valence-corrected chi connectivity index (χ2v) is 5.04. The van der Waals surface area contributed by atoms with Gasteiger partial charge in [0.25, 0.3) is 0 Å². The lowest BCUT2D eigenvalue weighted by Crippen LogP contribution is -2.33. The molecule has 1 rings (SSSR count). The Labute approximate surface area is 105 Å². The van der Waals surface area contributed by atoms with E-state index in [-0.39, 0.29) is 18.4 Å². The van der Waals surface area contributed by atoms with Crippen molar-refractivity contribution in [3.05, 3.63) is 22.4 Å². The fourth-order valence-corrected chi connectivity index (χ4v) is 2.23. The van der Waals surface area contributed by atoms with Crippen LogP contribution in [0.1, 0.15) is 31.1 Å². The summed E-state index contributed by atoms with van der Waals surface area (Å²) in [6.45, 7) is 1.90. The smallest absolute Gasteiger partial charge is 0.303 e. The second kappa shape index (κ2) is 7.06. The van der Waals surface area contributed by atoms with Gasteiger partial charge in [-0.15, -0.1) is 11.3 Å². The molecule has 0 saturated heterocycles. The van der Waals surface area contributed by atoms with Gasteiger partial charge in [0, 0.05) is 17.3 Å². The van der Waals surface area contributed by atoms with E-state index < -0.39 is 5.97 Å². The van der Waals surface area contributed by atoms with Crippen molar-refractivity contribution in [3.8, 4) is 0 Å². The van der Waals surface area contributed by atoms with E-state index in [0.29, 0.717) is 19.3 Å². The molecule has 0 bridgehead atoms. The summed E-state index contributed by atoms with van der Waals surface area (Å²) < 4.78 is 0. The zero-order chi connectivity index (χ0) is 12.7. The lowest BCUT2D eigenvalue weighted by atomic mass is 10.1. The zero-order valence-electron chi connectivity index (χ0n) is 9.81. The van der Waals surface area contributed by atoms with E-state index in [2.05, 4.69) is 5.32 Å². The van der Waals surface area contributed by atoms with Crippen LogP contribution in [0.3, 0.4) is 0 Å². The van der Waals surface area contributed by atoms with Crippen molar-refractivity contribution in [2.45, 2.75) is 38.6 Å². The van der Waals surface area contributed by atoms with Crippen molar-refractivity contribution in [1.29, 1.82) is 0 Å². The molecule has 0 fully saturated rings. The van der Waals surface area contributed by atoms with Crippen LogP contribution in [0.4, 0.5) is 0 Å². The molecule has 0 radical (unpaired) electrons. The molecule has 1 heterocycles. The van der Waals surface area contributed by atoms with Gasteiger partial charge in [0.1, 0.15) is 0 Å². The summed E-state index contributed by atoms with van der Waals surface area (Å²) in [5.41, 5.74) is 0. The van der Waals surface area contributed by atoms with Crippen LogP contribution in [0, 0.1) is 0 Å². The highest BCUT2D eigenvalue weighted by Gasteiger charge is 2.09. The topological polar surface area (TPSA) is 66.4 Å². The largest absolute Gasteiger partial charge is 0.481 e. The minimum Gasteiger partial charge on any atom is -0.481 e. The average Bonchev–Trinajstić information content (AvgIpc) is 2.69. The van der Waals surface area contributed by atoms with Crippen molar-refractivity contribution in [1.82, 2.24) is 5.32 Å². The summed E-state index contributed by atoms with van der Waals surface area (Å²) in [7, 11) is 0. The number of rotatable bonds is 7. The Kier molecular flexibility index (Phi) is 5.69. The molecule has 1 atom stereocenters. The number of carbonyl (C=O) groups excluding carboxylic acids is 1. The first-order chi connectivity index (χ1) is 8.08. The van der Waals surface area contributed by atoms with Crippen LogP contribution in [0.2, 0.25) is 0 Å². The maximum absolute atomic E-state index is 11.6. The molecule has 1 unspecified atom stereocenters. The minimum atomic E-state index is -0.790. The predicted molar refractivity (Wildman–Crippen MR) is 67.1 cm³/mol. The first kappa shape index (κ1) is 13.7. The van der Waals surface area contributed by atoms with E-state index in [1.165, 1.54) is 0 Å². The fourth-order valence-electron chi connectivity index (χ4n) is 1.53. The molecule has 1 amide bonds. The van der Waals surface area contributed by atoms with Gasteiger partial charge in [-0.05, 0) is 31.2 Å². The van der Waals surface area contributed by atoms with Crippen LogP contribution in [0.25, 0.3) is 0 Å². The van der Waals surface area contributed by atoms with Crippen LogP contribution >= 0.6 is 11.3 Å². The third-order valence-corrected chi connectivity index (χ3v) is 3.23. The number of amides is 1.